The quantitative estimate of drug-likeness (QED) is 0.460. The molecule has 0 saturated carbocycles. The second-order valence-electron chi connectivity index (χ2n) is 6.36. The van der Waals surface area contributed by atoms with E-state index < -0.39 is 15.9 Å². The molecule has 0 saturated heterocycles. The minimum absolute atomic E-state index is 0.123. The van der Waals surface area contributed by atoms with E-state index in [1.54, 1.807) is 66.7 Å². The van der Waals surface area contributed by atoms with Crippen molar-refractivity contribution in [1.82, 2.24) is 0 Å². The van der Waals surface area contributed by atoms with Gasteiger partial charge >= 0.3 is 0 Å². The first kappa shape index (κ1) is 21.5. The number of carbonyl (C=O) groups is 1. The molecular weight excluding hydrogens is 520 g/mol. The van der Waals surface area contributed by atoms with Crippen LogP contribution >= 0.6 is 31.9 Å². The molecule has 0 spiro atoms. The van der Waals surface area contributed by atoms with Crippen LogP contribution in [0.25, 0.3) is 0 Å². The Hall–Kier alpha value is -2.16. The second kappa shape index (κ2) is 9.11. The molecule has 0 radical (unpaired) electrons. The number of nitrogens with one attached hydrogen (secondary N) is 1. The van der Waals surface area contributed by atoms with E-state index in [0.29, 0.717) is 15.8 Å². The lowest BCUT2D eigenvalue weighted by molar-refractivity contribution is -0.114. The predicted molar refractivity (Wildman–Crippen MR) is 123 cm³/mol. The Morgan fingerprint density at radius 3 is 2.17 bits per heavy atom. The molecule has 0 fully saturated rings. The largest absolute Gasteiger partial charge is 0.324 e. The maximum atomic E-state index is 13.3. The van der Waals surface area contributed by atoms with Crippen molar-refractivity contribution in [2.45, 2.75) is 11.8 Å². The van der Waals surface area contributed by atoms with Crippen molar-refractivity contribution < 1.29 is 13.2 Å². The molecule has 0 aliphatic rings. The summed E-state index contributed by atoms with van der Waals surface area (Å²) in [7, 11) is -3.94. The van der Waals surface area contributed by atoms with E-state index in [4.69, 9.17) is 0 Å². The molecule has 3 aromatic carbocycles. The van der Waals surface area contributed by atoms with Crippen molar-refractivity contribution in [2.75, 3.05) is 16.2 Å². The highest BCUT2D eigenvalue weighted by molar-refractivity contribution is 9.10. The van der Waals surface area contributed by atoms with Gasteiger partial charge in [-0.25, -0.2) is 8.42 Å². The fraction of sp³-hybridized carbons (Fsp3) is 0.0952. The van der Waals surface area contributed by atoms with Crippen LogP contribution in [0.2, 0.25) is 0 Å². The van der Waals surface area contributed by atoms with Gasteiger partial charge in [0.25, 0.3) is 10.0 Å². The Balaban J connectivity index is 1.95. The zero-order chi connectivity index (χ0) is 21.0. The predicted octanol–water partition coefficient (Wildman–Crippen LogP) is 5.35. The molecule has 0 heterocycles. The van der Waals surface area contributed by atoms with Crippen LogP contribution in [0, 0.1) is 6.92 Å². The van der Waals surface area contributed by atoms with Gasteiger partial charge in [-0.15, -0.1) is 0 Å². The Morgan fingerprint density at radius 2 is 1.55 bits per heavy atom. The first-order valence-corrected chi connectivity index (χ1v) is 11.7. The Bertz CT molecular complexity index is 1130. The van der Waals surface area contributed by atoms with Crippen molar-refractivity contribution in [3.63, 3.8) is 0 Å². The average molecular weight is 538 g/mol. The van der Waals surface area contributed by atoms with E-state index >= 15 is 0 Å². The number of sulfonamides is 1. The number of benzene rings is 3. The normalized spacial score (nSPS) is 11.1. The van der Waals surface area contributed by atoms with Crippen LogP contribution < -0.4 is 9.62 Å². The molecule has 0 unspecified atom stereocenters. The fourth-order valence-electron chi connectivity index (χ4n) is 2.68. The SMILES string of the molecule is Cc1ccc(S(=O)(=O)N(CC(=O)Nc2cccc(Br)c2)c2cccc(Br)c2)cc1. The van der Waals surface area contributed by atoms with E-state index in [2.05, 4.69) is 37.2 Å². The van der Waals surface area contributed by atoms with Gasteiger partial charge in [-0.1, -0.05) is 61.7 Å². The summed E-state index contributed by atoms with van der Waals surface area (Å²) in [6.45, 7) is 1.52. The zero-order valence-electron chi connectivity index (χ0n) is 15.5. The summed E-state index contributed by atoms with van der Waals surface area (Å²) in [5.74, 6) is -0.446. The zero-order valence-corrected chi connectivity index (χ0v) is 19.5. The molecular formula is C21H18Br2N2O3S. The maximum absolute atomic E-state index is 13.3. The first-order valence-electron chi connectivity index (χ1n) is 8.66. The first-order chi connectivity index (χ1) is 13.8. The number of hydrogen-bond acceptors (Lipinski definition) is 3. The van der Waals surface area contributed by atoms with Gasteiger partial charge in [-0.05, 0) is 55.5 Å². The highest BCUT2D eigenvalue weighted by Gasteiger charge is 2.27. The molecule has 29 heavy (non-hydrogen) atoms. The Morgan fingerprint density at radius 1 is 0.931 bits per heavy atom. The molecule has 0 aliphatic heterocycles. The van der Waals surface area contributed by atoms with Crippen LogP contribution in [0.4, 0.5) is 11.4 Å². The van der Waals surface area contributed by atoms with Crippen LogP contribution in [0.15, 0.2) is 86.6 Å². The summed E-state index contributed by atoms with van der Waals surface area (Å²) in [6, 6.07) is 20.5. The summed E-state index contributed by atoms with van der Waals surface area (Å²) < 4.78 is 29.3. The van der Waals surface area contributed by atoms with E-state index in [9.17, 15) is 13.2 Å². The third-order valence-corrected chi connectivity index (χ3v) is 6.88. The molecule has 150 valence electrons. The van der Waals surface area contributed by atoms with E-state index in [1.807, 2.05) is 13.0 Å². The number of amides is 1. The van der Waals surface area contributed by atoms with Crippen LogP contribution in [0.1, 0.15) is 5.56 Å². The van der Waals surface area contributed by atoms with Crippen LogP contribution in [0.3, 0.4) is 0 Å². The van der Waals surface area contributed by atoms with Crippen molar-refractivity contribution in [3.05, 3.63) is 87.3 Å². The second-order valence-corrected chi connectivity index (χ2v) is 10.1. The molecule has 5 nitrogen and oxygen atoms in total. The van der Waals surface area contributed by atoms with E-state index in [0.717, 1.165) is 14.3 Å². The monoisotopic (exact) mass is 536 g/mol. The number of rotatable bonds is 6. The molecule has 0 aliphatic carbocycles. The Labute approximate surface area is 187 Å². The van der Waals surface area contributed by atoms with Crippen LogP contribution in [-0.4, -0.2) is 20.9 Å². The fourth-order valence-corrected chi connectivity index (χ4v) is 4.88. The number of carbonyl (C=O) groups excluding carboxylic acids is 1. The molecule has 1 N–H and O–H groups in total. The summed E-state index contributed by atoms with van der Waals surface area (Å²) in [5.41, 5.74) is 1.92. The standard InChI is InChI=1S/C21H18Br2N2O3S/c1-15-8-10-20(11-9-15)29(27,28)25(19-7-3-5-17(23)13-19)14-21(26)24-18-6-2-4-16(22)12-18/h2-13H,14H2,1H3,(H,24,26). The molecule has 0 atom stereocenters. The molecule has 3 rings (SSSR count). The summed E-state index contributed by atoms with van der Waals surface area (Å²) in [6.07, 6.45) is 0. The highest BCUT2D eigenvalue weighted by Crippen LogP contribution is 2.26. The molecule has 3 aromatic rings. The smallest absolute Gasteiger partial charge is 0.264 e. The lowest BCUT2D eigenvalue weighted by Gasteiger charge is -2.24. The van der Waals surface area contributed by atoms with Gasteiger partial charge in [0.1, 0.15) is 6.54 Å². The third-order valence-electron chi connectivity index (χ3n) is 4.10. The Kier molecular flexibility index (Phi) is 6.77. The van der Waals surface area contributed by atoms with Gasteiger partial charge in [0.15, 0.2) is 0 Å². The molecule has 0 bridgehead atoms. The van der Waals surface area contributed by atoms with Gasteiger partial charge in [-0.2, -0.15) is 0 Å². The topological polar surface area (TPSA) is 66.5 Å². The van der Waals surface area contributed by atoms with E-state index in [-0.39, 0.29) is 11.4 Å². The minimum atomic E-state index is -3.94. The van der Waals surface area contributed by atoms with Crippen molar-refractivity contribution in [2.24, 2.45) is 0 Å². The third kappa shape index (κ3) is 5.46. The molecule has 1 amide bonds. The van der Waals surface area contributed by atoms with Crippen LogP contribution in [0.5, 0.6) is 0 Å². The van der Waals surface area contributed by atoms with Gasteiger partial charge in [-0.3, -0.25) is 9.10 Å². The maximum Gasteiger partial charge on any atom is 0.264 e. The lowest BCUT2D eigenvalue weighted by Crippen LogP contribution is -2.38. The van der Waals surface area contributed by atoms with Gasteiger partial charge in [0.05, 0.1) is 10.6 Å². The summed E-state index contributed by atoms with van der Waals surface area (Å²) in [5, 5.41) is 2.74. The van der Waals surface area contributed by atoms with Gasteiger partial charge in [0.2, 0.25) is 5.91 Å². The number of aryl methyl sites for hydroxylation is 1. The van der Waals surface area contributed by atoms with Crippen LogP contribution in [-0.2, 0) is 14.8 Å². The highest BCUT2D eigenvalue weighted by atomic mass is 79.9. The number of halogens is 2. The van der Waals surface area contributed by atoms with E-state index in [1.165, 1.54) is 0 Å². The van der Waals surface area contributed by atoms with Crippen molar-refractivity contribution in [1.29, 1.82) is 0 Å². The number of anilines is 2. The number of nitrogens with zero attached hydrogens (tertiary/aromatic N) is 1. The lowest BCUT2D eigenvalue weighted by atomic mass is 10.2. The summed E-state index contributed by atoms with van der Waals surface area (Å²) >= 11 is 6.72. The summed E-state index contributed by atoms with van der Waals surface area (Å²) in [4.78, 5) is 12.8. The molecule has 0 aromatic heterocycles. The van der Waals surface area contributed by atoms with Crippen molar-refractivity contribution >= 4 is 59.2 Å². The van der Waals surface area contributed by atoms with Gasteiger partial charge < -0.3 is 5.32 Å². The van der Waals surface area contributed by atoms with Crippen molar-refractivity contribution in [3.8, 4) is 0 Å². The minimum Gasteiger partial charge on any atom is -0.324 e. The molecule has 8 heteroatoms. The van der Waals surface area contributed by atoms with Gasteiger partial charge in [0, 0.05) is 14.6 Å². The number of hydrogen-bond donors (Lipinski definition) is 1. The average Bonchev–Trinajstić information content (AvgIpc) is 2.66.